The summed E-state index contributed by atoms with van der Waals surface area (Å²) in [5.41, 5.74) is 2.06. The van der Waals surface area contributed by atoms with Gasteiger partial charge in [-0.2, -0.15) is 0 Å². The summed E-state index contributed by atoms with van der Waals surface area (Å²) < 4.78 is 3.04. The van der Waals surface area contributed by atoms with Gasteiger partial charge in [-0.15, -0.1) is 0 Å². The normalized spacial score (nSPS) is 10.8. The topological polar surface area (TPSA) is 46.9 Å². The lowest BCUT2D eigenvalue weighted by molar-refractivity contribution is -0.121. The van der Waals surface area contributed by atoms with Crippen molar-refractivity contribution in [1.82, 2.24) is 14.9 Å². The number of hydrogen-bond acceptors (Lipinski definition) is 2. The van der Waals surface area contributed by atoms with E-state index in [1.807, 2.05) is 25.1 Å². The summed E-state index contributed by atoms with van der Waals surface area (Å²) in [6, 6.07) is 8.04. The van der Waals surface area contributed by atoms with Crippen LogP contribution in [-0.4, -0.2) is 22.0 Å². The van der Waals surface area contributed by atoms with Crippen LogP contribution in [0, 0.1) is 0 Å². The van der Waals surface area contributed by atoms with Gasteiger partial charge in [0.2, 0.25) is 5.91 Å². The van der Waals surface area contributed by atoms with Gasteiger partial charge in [0, 0.05) is 23.9 Å². The predicted molar refractivity (Wildman–Crippen MR) is 89.4 cm³/mol. The van der Waals surface area contributed by atoms with E-state index < -0.39 is 0 Å². The Morgan fingerprint density at radius 1 is 1.43 bits per heavy atom. The maximum absolute atomic E-state index is 11.5. The molecule has 1 heterocycles. The van der Waals surface area contributed by atoms with Gasteiger partial charge in [-0.3, -0.25) is 4.79 Å². The number of rotatable bonds is 7. The molecule has 0 bridgehead atoms. The standard InChI is InChI=1S/C16H20BrN3O/c1-3-6-16(21)18-10-9-15-19-13-7-4-5-8-14(13)20(15)11-12(2)17/h4-5,7-8H,2-3,6,9-11H2,1H3,(H,18,21). The zero-order valence-electron chi connectivity index (χ0n) is 12.2. The molecule has 112 valence electrons. The number of carbonyl (C=O) groups is 1. The fourth-order valence-electron chi connectivity index (χ4n) is 2.29. The van der Waals surface area contributed by atoms with Crippen LogP contribution in [-0.2, 0) is 17.8 Å². The highest BCUT2D eigenvalue weighted by Gasteiger charge is 2.10. The molecule has 0 unspecified atom stereocenters. The van der Waals surface area contributed by atoms with Crippen LogP contribution in [0.25, 0.3) is 11.0 Å². The molecule has 1 aromatic carbocycles. The van der Waals surface area contributed by atoms with Gasteiger partial charge in [-0.25, -0.2) is 4.98 Å². The zero-order chi connectivity index (χ0) is 15.2. The van der Waals surface area contributed by atoms with Crippen molar-refractivity contribution >= 4 is 32.9 Å². The number of nitrogens with one attached hydrogen (secondary N) is 1. The quantitative estimate of drug-likeness (QED) is 0.832. The Bertz CT molecular complexity index is 648. The third-order valence-electron chi connectivity index (χ3n) is 3.21. The molecule has 0 aliphatic rings. The lowest BCUT2D eigenvalue weighted by atomic mass is 10.3. The first-order valence-corrected chi connectivity index (χ1v) is 7.95. The van der Waals surface area contributed by atoms with Crippen LogP contribution in [0.4, 0.5) is 0 Å². The summed E-state index contributed by atoms with van der Waals surface area (Å²) in [5, 5.41) is 2.93. The summed E-state index contributed by atoms with van der Waals surface area (Å²) in [5.74, 6) is 1.07. The Balaban J connectivity index is 2.14. The largest absolute Gasteiger partial charge is 0.356 e. The van der Waals surface area contributed by atoms with Crippen molar-refractivity contribution in [2.75, 3.05) is 6.54 Å². The number of hydrogen-bond donors (Lipinski definition) is 1. The molecule has 4 nitrogen and oxygen atoms in total. The van der Waals surface area contributed by atoms with Crippen molar-refractivity contribution < 1.29 is 4.79 Å². The Morgan fingerprint density at radius 3 is 2.90 bits per heavy atom. The summed E-state index contributed by atoms with van der Waals surface area (Å²) in [6.45, 7) is 7.20. The molecular formula is C16H20BrN3O. The van der Waals surface area contributed by atoms with E-state index in [2.05, 4.69) is 43.4 Å². The van der Waals surface area contributed by atoms with Crippen molar-refractivity contribution in [3.63, 3.8) is 0 Å². The highest BCUT2D eigenvalue weighted by atomic mass is 79.9. The van der Waals surface area contributed by atoms with E-state index in [-0.39, 0.29) is 5.91 Å². The van der Waals surface area contributed by atoms with Crippen LogP contribution in [0.3, 0.4) is 0 Å². The highest BCUT2D eigenvalue weighted by Crippen LogP contribution is 2.19. The smallest absolute Gasteiger partial charge is 0.219 e. The van der Waals surface area contributed by atoms with Crippen LogP contribution in [0.5, 0.6) is 0 Å². The van der Waals surface area contributed by atoms with Crippen molar-refractivity contribution in [3.05, 3.63) is 41.2 Å². The first-order valence-electron chi connectivity index (χ1n) is 7.16. The predicted octanol–water partition coefficient (Wildman–Crippen LogP) is 3.40. The number of carbonyl (C=O) groups excluding carboxylic acids is 1. The van der Waals surface area contributed by atoms with E-state index in [0.717, 1.165) is 27.8 Å². The van der Waals surface area contributed by atoms with Crippen molar-refractivity contribution in [1.29, 1.82) is 0 Å². The first-order chi connectivity index (χ1) is 10.1. The van der Waals surface area contributed by atoms with Crippen molar-refractivity contribution in [2.45, 2.75) is 32.7 Å². The molecule has 21 heavy (non-hydrogen) atoms. The minimum Gasteiger partial charge on any atom is -0.356 e. The van der Waals surface area contributed by atoms with Crippen LogP contribution in [0.15, 0.2) is 35.3 Å². The SMILES string of the molecule is C=C(Br)Cn1c(CCNC(=O)CCC)nc2ccccc21. The van der Waals surface area contributed by atoms with E-state index in [4.69, 9.17) is 0 Å². The molecule has 0 radical (unpaired) electrons. The second-order valence-electron chi connectivity index (χ2n) is 4.97. The molecule has 0 aliphatic heterocycles. The molecule has 1 N–H and O–H groups in total. The molecule has 0 aliphatic carbocycles. The van der Waals surface area contributed by atoms with E-state index in [9.17, 15) is 4.79 Å². The summed E-state index contributed by atoms with van der Waals surface area (Å²) in [6.07, 6.45) is 2.16. The fourth-order valence-corrected chi connectivity index (χ4v) is 2.54. The van der Waals surface area contributed by atoms with Crippen molar-refractivity contribution in [3.8, 4) is 0 Å². The van der Waals surface area contributed by atoms with E-state index >= 15 is 0 Å². The lowest BCUT2D eigenvalue weighted by Crippen LogP contribution is -2.26. The molecule has 5 heteroatoms. The van der Waals surface area contributed by atoms with Gasteiger partial charge in [0.15, 0.2) is 0 Å². The number of aromatic nitrogens is 2. The van der Waals surface area contributed by atoms with Gasteiger partial charge in [0.05, 0.1) is 17.6 Å². The van der Waals surface area contributed by atoms with Gasteiger partial charge in [0.1, 0.15) is 5.82 Å². The average molecular weight is 350 g/mol. The highest BCUT2D eigenvalue weighted by molar-refractivity contribution is 9.11. The Morgan fingerprint density at radius 2 is 2.19 bits per heavy atom. The molecule has 0 saturated carbocycles. The number of halogens is 1. The molecule has 0 atom stereocenters. The van der Waals surface area contributed by atoms with Crippen molar-refractivity contribution in [2.24, 2.45) is 0 Å². The molecule has 0 spiro atoms. The number of para-hydroxylation sites is 2. The van der Waals surface area contributed by atoms with Gasteiger partial charge in [0.25, 0.3) is 0 Å². The van der Waals surface area contributed by atoms with Crippen LogP contribution < -0.4 is 5.32 Å². The second-order valence-corrected chi connectivity index (χ2v) is 6.09. The number of allylic oxidation sites excluding steroid dienone is 1. The number of benzene rings is 1. The third-order valence-corrected chi connectivity index (χ3v) is 3.46. The molecule has 2 aromatic rings. The summed E-state index contributed by atoms with van der Waals surface area (Å²) in [7, 11) is 0. The molecule has 2 rings (SSSR count). The van der Waals surface area contributed by atoms with Crippen LogP contribution >= 0.6 is 15.9 Å². The Labute approximate surface area is 133 Å². The van der Waals surface area contributed by atoms with Gasteiger partial charge < -0.3 is 9.88 Å². The fraction of sp³-hybridized carbons (Fsp3) is 0.375. The van der Waals surface area contributed by atoms with E-state index in [0.29, 0.717) is 25.9 Å². The Kier molecular flexibility index (Phi) is 5.56. The molecule has 0 saturated heterocycles. The van der Waals surface area contributed by atoms with E-state index in [1.54, 1.807) is 0 Å². The van der Waals surface area contributed by atoms with Crippen LogP contribution in [0.2, 0.25) is 0 Å². The van der Waals surface area contributed by atoms with Gasteiger partial charge >= 0.3 is 0 Å². The summed E-state index contributed by atoms with van der Waals surface area (Å²) in [4.78, 5) is 16.2. The second kappa shape index (κ2) is 7.41. The minimum absolute atomic E-state index is 0.102. The maximum atomic E-state index is 11.5. The van der Waals surface area contributed by atoms with Gasteiger partial charge in [-0.05, 0) is 18.6 Å². The molecule has 1 aromatic heterocycles. The zero-order valence-corrected chi connectivity index (χ0v) is 13.8. The Hall–Kier alpha value is -1.62. The number of imidazole rings is 1. The molecular weight excluding hydrogens is 330 g/mol. The molecule has 0 fully saturated rings. The average Bonchev–Trinajstić information content (AvgIpc) is 2.77. The number of fused-ring (bicyclic) bond motifs is 1. The minimum atomic E-state index is 0.102. The van der Waals surface area contributed by atoms with Crippen LogP contribution in [0.1, 0.15) is 25.6 Å². The summed E-state index contributed by atoms with van der Waals surface area (Å²) >= 11 is 3.41. The van der Waals surface area contributed by atoms with Gasteiger partial charge in [-0.1, -0.05) is 41.6 Å². The monoisotopic (exact) mass is 349 g/mol. The maximum Gasteiger partial charge on any atom is 0.219 e. The first kappa shape index (κ1) is 15.8. The van der Waals surface area contributed by atoms with E-state index in [1.165, 1.54) is 0 Å². The molecule has 1 amide bonds. The third kappa shape index (κ3) is 4.17. The number of amides is 1. The lowest BCUT2D eigenvalue weighted by Gasteiger charge is -2.09. The number of nitrogens with zero attached hydrogens (tertiary/aromatic N) is 2.